The Hall–Kier alpha value is -1.62. The van der Waals surface area contributed by atoms with Crippen molar-refractivity contribution in [3.8, 4) is 0 Å². The van der Waals surface area contributed by atoms with Crippen LogP contribution >= 0.6 is 0 Å². The molecule has 0 saturated heterocycles. The maximum Gasteiger partial charge on any atom is 0.315 e. The van der Waals surface area contributed by atoms with Gasteiger partial charge in [-0.25, -0.2) is 4.79 Å². The van der Waals surface area contributed by atoms with Gasteiger partial charge in [-0.2, -0.15) is 0 Å². The quantitative estimate of drug-likeness (QED) is 0.840. The van der Waals surface area contributed by atoms with Gasteiger partial charge in [-0.15, -0.1) is 0 Å². The molecule has 5 nitrogen and oxygen atoms in total. The lowest BCUT2D eigenvalue weighted by atomic mass is 9.85. The SMILES string of the molecule is COCC[C@H](NC(=O)NCc1cccnc1)C(C)(C)C. The Morgan fingerprint density at radius 2 is 2.20 bits per heavy atom. The Bertz CT molecular complexity index is 401. The van der Waals surface area contributed by atoms with Crippen molar-refractivity contribution in [1.82, 2.24) is 15.6 Å². The third-order valence-electron chi connectivity index (χ3n) is 3.14. The molecule has 0 fully saturated rings. The molecule has 1 rings (SSSR count). The van der Waals surface area contributed by atoms with Gasteiger partial charge in [-0.3, -0.25) is 4.98 Å². The van der Waals surface area contributed by atoms with Gasteiger partial charge in [0, 0.05) is 38.7 Å². The van der Waals surface area contributed by atoms with E-state index < -0.39 is 0 Å². The second-order valence-electron chi connectivity index (χ2n) is 5.89. The number of rotatable bonds is 6. The van der Waals surface area contributed by atoms with Crippen LogP contribution in [-0.2, 0) is 11.3 Å². The third-order valence-corrected chi connectivity index (χ3v) is 3.14. The molecular weight excluding hydrogens is 254 g/mol. The van der Waals surface area contributed by atoms with Crippen molar-refractivity contribution < 1.29 is 9.53 Å². The van der Waals surface area contributed by atoms with Gasteiger partial charge in [0.25, 0.3) is 0 Å². The highest BCUT2D eigenvalue weighted by Crippen LogP contribution is 2.21. The minimum Gasteiger partial charge on any atom is -0.385 e. The van der Waals surface area contributed by atoms with Crippen LogP contribution in [0.1, 0.15) is 32.8 Å². The molecule has 0 spiro atoms. The summed E-state index contributed by atoms with van der Waals surface area (Å²) < 4.78 is 5.10. The first-order valence-corrected chi connectivity index (χ1v) is 6.85. The molecule has 0 bridgehead atoms. The smallest absolute Gasteiger partial charge is 0.315 e. The van der Waals surface area contributed by atoms with Crippen LogP contribution in [0.3, 0.4) is 0 Å². The second kappa shape index (κ2) is 7.85. The number of nitrogens with one attached hydrogen (secondary N) is 2. The number of carbonyl (C=O) groups is 1. The fraction of sp³-hybridized carbons (Fsp3) is 0.600. The van der Waals surface area contributed by atoms with E-state index in [4.69, 9.17) is 4.74 Å². The summed E-state index contributed by atoms with van der Waals surface area (Å²) in [5.74, 6) is 0. The third kappa shape index (κ3) is 6.02. The number of hydrogen-bond acceptors (Lipinski definition) is 3. The molecule has 1 heterocycles. The molecular formula is C15H25N3O2. The first-order chi connectivity index (χ1) is 9.43. The van der Waals surface area contributed by atoms with Crippen molar-refractivity contribution in [3.63, 3.8) is 0 Å². The fourth-order valence-electron chi connectivity index (χ4n) is 1.85. The molecule has 1 aromatic rings. The summed E-state index contributed by atoms with van der Waals surface area (Å²) in [5, 5.41) is 5.86. The minimum absolute atomic E-state index is 0.00975. The first-order valence-electron chi connectivity index (χ1n) is 6.85. The van der Waals surface area contributed by atoms with Crippen LogP contribution in [0.5, 0.6) is 0 Å². The number of amides is 2. The minimum atomic E-state index is -0.162. The Kier molecular flexibility index (Phi) is 6.45. The van der Waals surface area contributed by atoms with E-state index >= 15 is 0 Å². The lowest BCUT2D eigenvalue weighted by Crippen LogP contribution is -2.48. The molecule has 5 heteroatoms. The maximum absolute atomic E-state index is 12.0. The number of nitrogens with zero attached hydrogens (tertiary/aromatic N) is 1. The molecule has 112 valence electrons. The highest BCUT2D eigenvalue weighted by Gasteiger charge is 2.25. The number of pyridine rings is 1. The Labute approximate surface area is 121 Å². The highest BCUT2D eigenvalue weighted by atomic mass is 16.5. The molecule has 1 aromatic heterocycles. The lowest BCUT2D eigenvalue weighted by Gasteiger charge is -2.31. The van der Waals surface area contributed by atoms with Gasteiger partial charge >= 0.3 is 6.03 Å². The number of ether oxygens (including phenoxy) is 1. The lowest BCUT2D eigenvalue weighted by molar-refractivity contribution is 0.153. The van der Waals surface area contributed by atoms with E-state index in [1.165, 1.54) is 0 Å². The number of carbonyl (C=O) groups excluding carboxylic acids is 1. The molecule has 0 saturated carbocycles. The fourth-order valence-corrected chi connectivity index (χ4v) is 1.85. The Morgan fingerprint density at radius 3 is 2.75 bits per heavy atom. The van der Waals surface area contributed by atoms with Crippen LogP contribution in [0.25, 0.3) is 0 Å². The average Bonchev–Trinajstić information content (AvgIpc) is 2.41. The largest absolute Gasteiger partial charge is 0.385 e. The summed E-state index contributed by atoms with van der Waals surface area (Å²) >= 11 is 0. The summed E-state index contributed by atoms with van der Waals surface area (Å²) in [5.41, 5.74) is 0.969. The molecule has 0 unspecified atom stereocenters. The van der Waals surface area contributed by atoms with Crippen LogP contribution in [0.2, 0.25) is 0 Å². The Balaban J connectivity index is 2.45. The molecule has 0 aliphatic carbocycles. The Morgan fingerprint density at radius 1 is 1.45 bits per heavy atom. The van der Waals surface area contributed by atoms with Gasteiger partial charge in [0.05, 0.1) is 0 Å². The topological polar surface area (TPSA) is 63.2 Å². The van der Waals surface area contributed by atoms with E-state index in [9.17, 15) is 4.79 Å². The zero-order chi connectivity index (χ0) is 15.0. The molecule has 0 aliphatic rings. The van der Waals surface area contributed by atoms with Crippen LogP contribution < -0.4 is 10.6 Å². The highest BCUT2D eigenvalue weighted by molar-refractivity contribution is 5.74. The molecule has 0 aliphatic heterocycles. The summed E-state index contributed by atoms with van der Waals surface area (Å²) in [7, 11) is 1.67. The van der Waals surface area contributed by atoms with Crippen molar-refractivity contribution in [2.24, 2.45) is 5.41 Å². The normalized spacial score (nSPS) is 12.8. The van der Waals surface area contributed by atoms with Gasteiger partial charge < -0.3 is 15.4 Å². The van der Waals surface area contributed by atoms with E-state index in [1.54, 1.807) is 19.5 Å². The second-order valence-corrected chi connectivity index (χ2v) is 5.89. The average molecular weight is 279 g/mol. The predicted octanol–water partition coefficient (Wildman–Crippen LogP) is 2.33. The summed E-state index contributed by atoms with van der Waals surface area (Å²) in [6.45, 7) is 7.42. The number of methoxy groups -OCH3 is 1. The van der Waals surface area contributed by atoms with Crippen molar-refractivity contribution in [3.05, 3.63) is 30.1 Å². The van der Waals surface area contributed by atoms with Gasteiger partial charge in [0.2, 0.25) is 0 Å². The summed E-state index contributed by atoms with van der Waals surface area (Å²) in [4.78, 5) is 16.0. The molecule has 1 atom stereocenters. The standard InChI is InChI=1S/C15H25N3O2/c1-15(2,3)13(7-9-20-4)18-14(19)17-11-12-6-5-8-16-10-12/h5-6,8,10,13H,7,9,11H2,1-4H3,(H2,17,18,19)/t13-/m0/s1. The van der Waals surface area contributed by atoms with E-state index in [0.717, 1.165) is 12.0 Å². The van der Waals surface area contributed by atoms with Crippen LogP contribution in [-0.4, -0.2) is 30.8 Å². The van der Waals surface area contributed by atoms with E-state index in [0.29, 0.717) is 13.2 Å². The molecule has 0 radical (unpaired) electrons. The number of urea groups is 1. The van der Waals surface area contributed by atoms with Gasteiger partial charge in [-0.1, -0.05) is 26.8 Å². The van der Waals surface area contributed by atoms with Crippen LogP contribution in [0.4, 0.5) is 4.79 Å². The van der Waals surface area contributed by atoms with Crippen molar-refractivity contribution in [1.29, 1.82) is 0 Å². The summed E-state index contributed by atoms with van der Waals surface area (Å²) in [6, 6.07) is 3.69. The van der Waals surface area contributed by atoms with Crippen LogP contribution in [0.15, 0.2) is 24.5 Å². The molecule has 20 heavy (non-hydrogen) atoms. The number of hydrogen-bond donors (Lipinski definition) is 2. The zero-order valence-corrected chi connectivity index (χ0v) is 12.8. The van der Waals surface area contributed by atoms with E-state index in [-0.39, 0.29) is 17.5 Å². The maximum atomic E-state index is 12.0. The molecule has 2 amide bonds. The van der Waals surface area contributed by atoms with Gasteiger partial charge in [0.15, 0.2) is 0 Å². The monoisotopic (exact) mass is 279 g/mol. The van der Waals surface area contributed by atoms with Crippen molar-refractivity contribution in [2.45, 2.75) is 39.8 Å². The van der Waals surface area contributed by atoms with Crippen molar-refractivity contribution >= 4 is 6.03 Å². The summed E-state index contributed by atoms with van der Waals surface area (Å²) in [6.07, 6.45) is 4.25. The van der Waals surface area contributed by atoms with Gasteiger partial charge in [0.1, 0.15) is 0 Å². The van der Waals surface area contributed by atoms with E-state index in [2.05, 4.69) is 36.4 Å². The van der Waals surface area contributed by atoms with E-state index in [1.807, 2.05) is 12.1 Å². The molecule has 2 N–H and O–H groups in total. The predicted molar refractivity (Wildman–Crippen MR) is 79.3 cm³/mol. The van der Waals surface area contributed by atoms with Gasteiger partial charge in [-0.05, 0) is 23.5 Å². The number of aromatic nitrogens is 1. The van der Waals surface area contributed by atoms with Crippen LogP contribution in [0, 0.1) is 5.41 Å². The zero-order valence-electron chi connectivity index (χ0n) is 12.8. The first kappa shape index (κ1) is 16.4. The van der Waals surface area contributed by atoms with Crippen molar-refractivity contribution in [2.75, 3.05) is 13.7 Å². The molecule has 0 aromatic carbocycles.